The van der Waals surface area contributed by atoms with E-state index in [1.54, 1.807) is 0 Å². The molecule has 132 valence electrons. The van der Waals surface area contributed by atoms with Crippen LogP contribution in [0.4, 0.5) is 20.6 Å². The molecule has 2 rings (SSSR count). The molecule has 0 fully saturated rings. The van der Waals surface area contributed by atoms with Gasteiger partial charge in [0, 0.05) is 13.0 Å². The quantitative estimate of drug-likeness (QED) is 0.531. The number of ether oxygens (including phenoxy) is 1. The van der Waals surface area contributed by atoms with Gasteiger partial charge in [-0.15, -0.1) is 0 Å². The smallest absolute Gasteiger partial charge is 0.407 e. The van der Waals surface area contributed by atoms with Gasteiger partial charge < -0.3 is 21.1 Å². The third kappa shape index (κ3) is 6.50. The molecule has 2 aromatic rings. The van der Waals surface area contributed by atoms with Gasteiger partial charge in [0.25, 0.3) is 0 Å². The van der Waals surface area contributed by atoms with Crippen molar-refractivity contribution in [3.63, 3.8) is 0 Å². The van der Waals surface area contributed by atoms with Crippen LogP contribution in [0.15, 0.2) is 48.5 Å². The maximum atomic E-state index is 12.9. The Morgan fingerprint density at radius 3 is 2.60 bits per heavy atom. The van der Waals surface area contributed by atoms with Crippen molar-refractivity contribution >= 4 is 23.4 Å². The zero-order chi connectivity index (χ0) is 18.1. The van der Waals surface area contributed by atoms with Crippen molar-refractivity contribution in [2.24, 2.45) is 0 Å². The first kappa shape index (κ1) is 18.3. The zero-order valence-electron chi connectivity index (χ0n) is 13.6. The summed E-state index contributed by atoms with van der Waals surface area (Å²) in [6.07, 6.45) is 0.0930. The molecular weight excluding hydrogens is 325 g/mol. The molecule has 0 unspecified atom stereocenters. The minimum absolute atomic E-state index is 0.163. The number of hydrogen-bond donors (Lipinski definition) is 3. The highest BCUT2D eigenvalue weighted by molar-refractivity contribution is 5.93. The van der Waals surface area contributed by atoms with Crippen LogP contribution in [-0.4, -0.2) is 18.5 Å². The van der Waals surface area contributed by atoms with Crippen LogP contribution in [0.1, 0.15) is 18.4 Å². The highest BCUT2D eigenvalue weighted by Gasteiger charge is 2.07. The minimum Gasteiger partial charge on any atom is -0.445 e. The van der Waals surface area contributed by atoms with Crippen molar-refractivity contribution in [1.82, 2.24) is 5.32 Å². The number of anilines is 2. The Morgan fingerprint density at radius 1 is 1.12 bits per heavy atom. The van der Waals surface area contributed by atoms with E-state index in [1.165, 1.54) is 12.1 Å². The molecule has 0 saturated heterocycles. The van der Waals surface area contributed by atoms with Crippen LogP contribution in [0, 0.1) is 5.82 Å². The summed E-state index contributed by atoms with van der Waals surface area (Å²) in [5.74, 6) is -0.730. The van der Waals surface area contributed by atoms with Gasteiger partial charge in [-0.05, 0) is 30.2 Å². The molecule has 0 aromatic heterocycles. The molecule has 7 heteroatoms. The number of alkyl carbamates (subject to hydrolysis) is 1. The van der Waals surface area contributed by atoms with Crippen LogP contribution >= 0.6 is 0 Å². The van der Waals surface area contributed by atoms with E-state index in [1.807, 2.05) is 30.3 Å². The van der Waals surface area contributed by atoms with Crippen molar-refractivity contribution in [3.05, 3.63) is 59.9 Å². The van der Waals surface area contributed by atoms with E-state index in [4.69, 9.17) is 10.5 Å². The molecule has 2 aromatic carbocycles. The minimum atomic E-state index is -0.535. The van der Waals surface area contributed by atoms with Gasteiger partial charge in [0.15, 0.2) is 0 Å². The molecular formula is C18H20FN3O3. The highest BCUT2D eigenvalue weighted by Crippen LogP contribution is 2.19. The SMILES string of the molecule is Nc1cc(F)ccc1NC(=O)CCCNC(=O)OCc1ccccc1. The molecule has 25 heavy (non-hydrogen) atoms. The molecule has 0 radical (unpaired) electrons. The van der Waals surface area contributed by atoms with Crippen molar-refractivity contribution in [3.8, 4) is 0 Å². The molecule has 0 saturated carbocycles. The molecule has 0 aliphatic rings. The first-order valence-electron chi connectivity index (χ1n) is 7.84. The van der Waals surface area contributed by atoms with E-state index in [0.717, 1.165) is 11.6 Å². The maximum Gasteiger partial charge on any atom is 0.407 e. The third-order valence-corrected chi connectivity index (χ3v) is 3.35. The lowest BCUT2D eigenvalue weighted by atomic mass is 10.2. The highest BCUT2D eigenvalue weighted by atomic mass is 19.1. The van der Waals surface area contributed by atoms with Crippen LogP contribution in [0.3, 0.4) is 0 Å². The van der Waals surface area contributed by atoms with Gasteiger partial charge in [-0.25, -0.2) is 9.18 Å². The van der Waals surface area contributed by atoms with Gasteiger partial charge in [0.1, 0.15) is 12.4 Å². The van der Waals surface area contributed by atoms with Crippen LogP contribution in [0.5, 0.6) is 0 Å². The number of nitrogens with two attached hydrogens (primary N) is 1. The van der Waals surface area contributed by atoms with E-state index < -0.39 is 11.9 Å². The van der Waals surface area contributed by atoms with Gasteiger partial charge in [-0.1, -0.05) is 30.3 Å². The van der Waals surface area contributed by atoms with Crippen LogP contribution < -0.4 is 16.4 Å². The molecule has 0 aliphatic carbocycles. The summed E-state index contributed by atoms with van der Waals surface area (Å²) >= 11 is 0. The fourth-order valence-corrected chi connectivity index (χ4v) is 2.07. The molecule has 4 N–H and O–H groups in total. The first-order chi connectivity index (χ1) is 12.0. The van der Waals surface area contributed by atoms with E-state index in [0.29, 0.717) is 18.7 Å². The van der Waals surface area contributed by atoms with Gasteiger partial charge in [-0.2, -0.15) is 0 Å². The average molecular weight is 345 g/mol. The lowest BCUT2D eigenvalue weighted by molar-refractivity contribution is -0.116. The Labute approximate surface area is 145 Å². The Morgan fingerprint density at radius 2 is 1.88 bits per heavy atom. The Kier molecular flexibility index (Phi) is 6.76. The lowest BCUT2D eigenvalue weighted by Crippen LogP contribution is -2.26. The number of nitrogens with one attached hydrogen (secondary N) is 2. The maximum absolute atomic E-state index is 12.9. The third-order valence-electron chi connectivity index (χ3n) is 3.35. The fraction of sp³-hybridized carbons (Fsp3) is 0.222. The first-order valence-corrected chi connectivity index (χ1v) is 7.84. The van der Waals surface area contributed by atoms with Crippen LogP contribution in [-0.2, 0) is 16.1 Å². The summed E-state index contributed by atoms with van der Waals surface area (Å²) in [6.45, 7) is 0.497. The monoisotopic (exact) mass is 345 g/mol. The van der Waals surface area contributed by atoms with E-state index in [-0.39, 0.29) is 24.6 Å². The number of carbonyl (C=O) groups excluding carboxylic acids is 2. The van der Waals surface area contributed by atoms with Gasteiger partial charge in [0.05, 0.1) is 11.4 Å². The topological polar surface area (TPSA) is 93.5 Å². The molecule has 2 amide bonds. The van der Waals surface area contributed by atoms with Crippen LogP contribution in [0.2, 0.25) is 0 Å². The Balaban J connectivity index is 1.61. The predicted octanol–water partition coefficient (Wildman–Crippen LogP) is 3.05. The second-order valence-corrected chi connectivity index (χ2v) is 5.37. The number of benzene rings is 2. The molecule has 0 aliphatic heterocycles. The molecule has 0 bridgehead atoms. The zero-order valence-corrected chi connectivity index (χ0v) is 13.6. The van der Waals surface area contributed by atoms with Gasteiger partial charge in [0.2, 0.25) is 5.91 Å². The van der Waals surface area contributed by atoms with Gasteiger partial charge in [-0.3, -0.25) is 4.79 Å². The second kappa shape index (κ2) is 9.27. The summed E-state index contributed by atoms with van der Waals surface area (Å²) in [7, 11) is 0. The van der Waals surface area contributed by atoms with E-state index in [9.17, 15) is 14.0 Å². The number of hydrogen-bond acceptors (Lipinski definition) is 4. The van der Waals surface area contributed by atoms with Crippen LogP contribution in [0.25, 0.3) is 0 Å². The standard InChI is InChI=1S/C18H20FN3O3/c19-14-8-9-16(15(20)11-14)22-17(23)7-4-10-21-18(24)25-12-13-5-2-1-3-6-13/h1-3,5-6,8-9,11H,4,7,10,12,20H2,(H,21,24)(H,22,23). The summed E-state index contributed by atoms with van der Waals surface area (Å²) < 4.78 is 18.0. The molecule has 0 heterocycles. The summed E-state index contributed by atoms with van der Waals surface area (Å²) in [5.41, 5.74) is 7.04. The van der Waals surface area contributed by atoms with E-state index in [2.05, 4.69) is 10.6 Å². The normalized spacial score (nSPS) is 10.1. The lowest BCUT2D eigenvalue weighted by Gasteiger charge is -2.09. The van der Waals surface area contributed by atoms with E-state index >= 15 is 0 Å². The number of nitrogen functional groups attached to an aromatic ring is 1. The number of amides is 2. The summed E-state index contributed by atoms with van der Waals surface area (Å²) in [4.78, 5) is 23.3. The Hall–Kier alpha value is -3.09. The fourth-order valence-electron chi connectivity index (χ4n) is 2.07. The molecule has 0 atom stereocenters. The van der Waals surface area contributed by atoms with Crippen molar-refractivity contribution in [2.75, 3.05) is 17.6 Å². The van der Waals surface area contributed by atoms with Crippen molar-refractivity contribution in [2.45, 2.75) is 19.4 Å². The number of halogens is 1. The predicted molar refractivity (Wildman–Crippen MR) is 93.3 cm³/mol. The number of rotatable bonds is 7. The molecule has 0 spiro atoms. The summed E-state index contributed by atoms with van der Waals surface area (Å²) in [6, 6.07) is 13.1. The average Bonchev–Trinajstić information content (AvgIpc) is 2.60. The summed E-state index contributed by atoms with van der Waals surface area (Å²) in [5, 5.41) is 5.17. The van der Waals surface area contributed by atoms with Crippen molar-refractivity contribution < 1.29 is 18.7 Å². The number of carbonyl (C=O) groups is 2. The van der Waals surface area contributed by atoms with Gasteiger partial charge >= 0.3 is 6.09 Å². The second-order valence-electron chi connectivity index (χ2n) is 5.37. The Bertz CT molecular complexity index is 723. The largest absolute Gasteiger partial charge is 0.445 e. The van der Waals surface area contributed by atoms with Crippen molar-refractivity contribution in [1.29, 1.82) is 0 Å². The molecule has 6 nitrogen and oxygen atoms in total.